The van der Waals surface area contributed by atoms with Crippen LogP contribution in [0.25, 0.3) is 32.9 Å². The van der Waals surface area contributed by atoms with Crippen LogP contribution in [0.2, 0.25) is 0 Å². The van der Waals surface area contributed by atoms with E-state index in [-0.39, 0.29) is 42.5 Å². The summed E-state index contributed by atoms with van der Waals surface area (Å²) in [6, 6.07) is 18.5. The van der Waals surface area contributed by atoms with Crippen molar-refractivity contribution < 1.29 is 30.0 Å². The van der Waals surface area contributed by atoms with E-state index in [9.17, 15) is 9.90 Å². The number of fused-ring (bicyclic) bond motifs is 3. The maximum atomic E-state index is 12.2. The molecule has 5 heteroatoms. The number of aliphatic hydroxyl groups is 1. The molecule has 4 aromatic rings. The predicted molar refractivity (Wildman–Crippen MR) is 187 cm³/mol. The summed E-state index contributed by atoms with van der Waals surface area (Å²) in [4.78, 5) is 21.8. The number of nitrogens with zero attached hydrogens (tertiary/aromatic N) is 2. The molecule has 0 unspecified atom stereocenters. The number of rotatable bonds is 10. The van der Waals surface area contributed by atoms with E-state index in [2.05, 4.69) is 64.1 Å². The van der Waals surface area contributed by atoms with Gasteiger partial charge in [-0.2, -0.15) is 0 Å². The Balaban J connectivity index is 0.000000343. The Labute approximate surface area is 285 Å². The van der Waals surface area contributed by atoms with Gasteiger partial charge in [0.05, 0.1) is 5.52 Å². The van der Waals surface area contributed by atoms with Crippen molar-refractivity contribution in [2.24, 2.45) is 16.7 Å². The van der Waals surface area contributed by atoms with E-state index >= 15 is 0 Å². The summed E-state index contributed by atoms with van der Waals surface area (Å²) in [6.45, 7) is 22.9. The fraction of sp³-hybridized carbons (Fsp3) is 0.475. The van der Waals surface area contributed by atoms with Crippen molar-refractivity contribution in [2.75, 3.05) is 0 Å². The van der Waals surface area contributed by atoms with Crippen molar-refractivity contribution in [3.63, 3.8) is 0 Å². The molecule has 4 rings (SSSR count). The summed E-state index contributed by atoms with van der Waals surface area (Å²) < 4.78 is 0. The second kappa shape index (κ2) is 16.1. The number of ketones is 1. The van der Waals surface area contributed by atoms with Gasteiger partial charge in [-0.25, -0.2) is 4.98 Å². The van der Waals surface area contributed by atoms with Gasteiger partial charge in [0, 0.05) is 42.4 Å². The average Bonchev–Trinajstić information content (AvgIpc) is 2.99. The van der Waals surface area contributed by atoms with Crippen molar-refractivity contribution in [3.8, 4) is 11.3 Å². The Morgan fingerprint density at radius 3 is 2.09 bits per heavy atom. The zero-order chi connectivity index (χ0) is 32.8. The molecule has 4 nitrogen and oxygen atoms in total. The van der Waals surface area contributed by atoms with Crippen LogP contribution in [-0.4, -0.2) is 20.9 Å². The Bertz CT molecular complexity index is 1650. The molecular weight excluding hydrogens is 733 g/mol. The number of benzene rings is 3. The molecular formula is C40H53IrN2O2-. The van der Waals surface area contributed by atoms with Gasteiger partial charge in [-0.3, -0.25) is 9.78 Å². The number of carbonyl (C=O) groups excluding carboxylic acids is 1. The predicted octanol–water partition coefficient (Wildman–Crippen LogP) is 11.0. The zero-order valence-electron chi connectivity index (χ0n) is 29.3. The maximum Gasteiger partial charge on any atom is 0.164 e. The van der Waals surface area contributed by atoms with Gasteiger partial charge in [-0.05, 0) is 79.5 Å². The molecule has 0 spiro atoms. The van der Waals surface area contributed by atoms with Crippen LogP contribution in [-0.2, 0) is 31.3 Å². The minimum Gasteiger partial charge on any atom is -0.512 e. The first-order valence-corrected chi connectivity index (χ1v) is 16.4. The molecule has 1 aromatic heterocycles. The smallest absolute Gasteiger partial charge is 0.164 e. The molecule has 1 N–H and O–H groups in total. The van der Waals surface area contributed by atoms with Crippen LogP contribution in [0.5, 0.6) is 0 Å². The molecule has 0 aliphatic heterocycles. The van der Waals surface area contributed by atoms with Crippen LogP contribution in [0.15, 0.2) is 54.3 Å². The van der Waals surface area contributed by atoms with Crippen molar-refractivity contribution in [2.45, 2.75) is 108 Å². The molecule has 45 heavy (non-hydrogen) atoms. The Kier molecular flexibility index (Phi) is 13.7. The fourth-order valence-electron chi connectivity index (χ4n) is 5.69. The van der Waals surface area contributed by atoms with Crippen LogP contribution < -0.4 is 0 Å². The first-order chi connectivity index (χ1) is 20.7. The van der Waals surface area contributed by atoms with E-state index in [1.165, 1.54) is 33.5 Å². The molecule has 3 aromatic carbocycles. The topological polar surface area (TPSA) is 63.1 Å². The second-order valence-corrected chi connectivity index (χ2v) is 13.3. The third-order valence-electron chi connectivity index (χ3n) is 9.70. The van der Waals surface area contributed by atoms with Crippen molar-refractivity contribution in [3.05, 3.63) is 82.9 Å². The normalized spacial score (nSPS) is 12.2. The summed E-state index contributed by atoms with van der Waals surface area (Å²) >= 11 is 0. The van der Waals surface area contributed by atoms with Gasteiger partial charge in [0.15, 0.2) is 5.78 Å². The van der Waals surface area contributed by atoms with E-state index in [4.69, 9.17) is 9.97 Å². The molecule has 0 aliphatic rings. The number of allylic oxidation sites excluding steroid dienone is 2. The van der Waals surface area contributed by atoms with E-state index in [0.717, 1.165) is 60.1 Å². The molecule has 0 bridgehead atoms. The molecule has 1 heterocycles. The SMILES string of the molecule is CCC(C)(CC)C(=O)/C=C(\O)C(C)(CC)CC.Cc1nc(-c2[c-]cccc2C)c2ccc3cc(CC(C)C)cc(C)c3c2n1.[Ir]. The first kappa shape index (κ1) is 38.3. The van der Waals surface area contributed by atoms with E-state index in [1.54, 1.807) is 0 Å². The molecule has 0 saturated heterocycles. The second-order valence-electron chi connectivity index (χ2n) is 13.3. The number of aromatic nitrogens is 2. The molecule has 0 saturated carbocycles. The maximum absolute atomic E-state index is 12.2. The molecule has 0 aliphatic carbocycles. The van der Waals surface area contributed by atoms with Gasteiger partial charge < -0.3 is 5.11 Å². The first-order valence-electron chi connectivity index (χ1n) is 16.4. The Hall–Kier alpha value is -2.88. The van der Waals surface area contributed by atoms with Crippen LogP contribution >= 0.6 is 0 Å². The van der Waals surface area contributed by atoms with Gasteiger partial charge in [0.2, 0.25) is 0 Å². The van der Waals surface area contributed by atoms with Crippen LogP contribution in [0.3, 0.4) is 0 Å². The van der Waals surface area contributed by atoms with Crippen LogP contribution in [0.1, 0.15) is 104 Å². The molecule has 1 radical (unpaired) electrons. The summed E-state index contributed by atoms with van der Waals surface area (Å²) in [6.07, 6.45) is 5.85. The fourth-order valence-corrected chi connectivity index (χ4v) is 5.69. The third-order valence-corrected chi connectivity index (χ3v) is 9.70. The van der Waals surface area contributed by atoms with Gasteiger partial charge in [-0.1, -0.05) is 86.6 Å². The Morgan fingerprint density at radius 2 is 1.53 bits per heavy atom. The van der Waals surface area contributed by atoms with Gasteiger partial charge in [-0.15, -0.1) is 35.4 Å². The van der Waals surface area contributed by atoms with Gasteiger partial charge >= 0.3 is 0 Å². The molecule has 0 fully saturated rings. The molecule has 245 valence electrons. The largest absolute Gasteiger partial charge is 0.512 e. The van der Waals surface area contributed by atoms with Crippen LogP contribution in [0, 0.1) is 43.6 Å². The number of carbonyl (C=O) groups is 1. The van der Waals surface area contributed by atoms with Crippen molar-refractivity contribution >= 4 is 27.5 Å². The van der Waals surface area contributed by atoms with Crippen molar-refractivity contribution in [1.29, 1.82) is 0 Å². The van der Waals surface area contributed by atoms with E-state index < -0.39 is 0 Å². The number of aliphatic hydroxyl groups excluding tert-OH is 1. The molecule has 0 atom stereocenters. The standard InChI is InChI=1S/C25H25N2.C15H28O2.Ir/c1-15(2)12-19-13-17(4)23-20(14-19)10-11-22-24(26-18(5)27-25(22)23)21-9-7-6-8-16(21)3;1-7-14(5,8-2)12(16)11-13(17)15(6,9-3)10-4;/h6-8,10-11,13-15H,12H2,1-5H3;11,16H,7-10H2,1-6H3;/q-1;;/b;12-11-;. The zero-order valence-corrected chi connectivity index (χ0v) is 31.7. The summed E-state index contributed by atoms with van der Waals surface area (Å²) in [5.74, 6) is 1.73. The quantitative estimate of drug-likeness (QED) is 0.0753. The van der Waals surface area contributed by atoms with E-state index in [0.29, 0.717) is 5.92 Å². The van der Waals surface area contributed by atoms with Crippen LogP contribution in [0.4, 0.5) is 0 Å². The number of hydrogen-bond donors (Lipinski definition) is 1. The minimum absolute atomic E-state index is 0. The molecule has 0 amide bonds. The van der Waals surface area contributed by atoms with Crippen molar-refractivity contribution in [1.82, 2.24) is 9.97 Å². The Morgan fingerprint density at radius 1 is 0.911 bits per heavy atom. The minimum atomic E-state index is -0.337. The van der Waals surface area contributed by atoms with Gasteiger partial charge in [0.1, 0.15) is 11.6 Å². The number of hydrogen-bond acceptors (Lipinski definition) is 4. The summed E-state index contributed by atoms with van der Waals surface area (Å²) in [7, 11) is 0. The monoisotopic (exact) mass is 786 g/mol. The number of aryl methyl sites for hydroxylation is 3. The van der Waals surface area contributed by atoms with E-state index in [1.807, 2.05) is 60.6 Å². The van der Waals surface area contributed by atoms with Gasteiger partial charge in [0.25, 0.3) is 0 Å². The summed E-state index contributed by atoms with van der Waals surface area (Å²) in [5, 5.41) is 13.7. The third kappa shape index (κ3) is 8.69. The summed E-state index contributed by atoms with van der Waals surface area (Å²) in [5.41, 5.74) is 6.33. The average molecular weight is 786 g/mol.